The summed E-state index contributed by atoms with van der Waals surface area (Å²) in [5, 5.41) is 3.55. The fourth-order valence-electron chi connectivity index (χ4n) is 4.30. The average molecular weight is 421 g/mol. The van der Waals surface area contributed by atoms with Gasteiger partial charge in [-0.1, -0.05) is 30.3 Å². The number of para-hydroxylation sites is 2. The second-order valence-electron chi connectivity index (χ2n) is 7.95. The van der Waals surface area contributed by atoms with Crippen molar-refractivity contribution in [2.45, 2.75) is 32.4 Å². The van der Waals surface area contributed by atoms with Crippen molar-refractivity contribution in [2.24, 2.45) is 0 Å². The smallest absolute Gasteiger partial charge is 0.261 e. The number of aromatic nitrogens is 2. The Hall–Kier alpha value is -3.19. The molecule has 2 heterocycles. The summed E-state index contributed by atoms with van der Waals surface area (Å²) < 4.78 is 6.93. The van der Waals surface area contributed by atoms with Crippen LogP contribution < -0.4 is 15.6 Å². The van der Waals surface area contributed by atoms with Crippen molar-refractivity contribution in [3.05, 3.63) is 70.3 Å². The minimum atomic E-state index is -0.213. The average Bonchev–Trinajstić information content (AvgIpc) is 3.31. The molecule has 31 heavy (non-hydrogen) atoms. The molecule has 2 aromatic carbocycles. The molecule has 1 unspecified atom stereocenters. The van der Waals surface area contributed by atoms with Gasteiger partial charge in [0, 0.05) is 12.1 Å². The lowest BCUT2D eigenvalue weighted by Gasteiger charge is -2.29. The van der Waals surface area contributed by atoms with Crippen LogP contribution in [0.1, 0.15) is 30.0 Å². The lowest BCUT2D eigenvalue weighted by Crippen LogP contribution is -2.39. The summed E-state index contributed by atoms with van der Waals surface area (Å²) in [7, 11) is 1.67. The van der Waals surface area contributed by atoms with Crippen LogP contribution in [-0.2, 0) is 11.3 Å². The van der Waals surface area contributed by atoms with Crippen LogP contribution in [0.15, 0.2) is 53.6 Å². The molecule has 1 aliphatic heterocycles. The van der Waals surface area contributed by atoms with E-state index in [9.17, 15) is 9.59 Å². The number of rotatable bonds is 7. The summed E-state index contributed by atoms with van der Waals surface area (Å²) in [6.45, 7) is 4.29. The predicted octanol–water partition coefficient (Wildman–Crippen LogP) is 2.67. The molecular weight excluding hydrogens is 392 g/mol. The van der Waals surface area contributed by atoms with E-state index in [4.69, 9.17) is 4.74 Å². The number of amides is 1. The summed E-state index contributed by atoms with van der Waals surface area (Å²) in [5.41, 5.74) is 2.47. The molecule has 162 valence electrons. The molecule has 4 rings (SSSR count). The molecular formula is C24H28N4O3. The highest BCUT2D eigenvalue weighted by molar-refractivity contribution is 5.81. The number of ether oxygens (including phenoxy) is 1. The summed E-state index contributed by atoms with van der Waals surface area (Å²) in [6, 6.07) is 13.5. The fraction of sp³-hybridized carbons (Fsp3) is 0.375. The van der Waals surface area contributed by atoms with Crippen molar-refractivity contribution in [3.8, 4) is 5.75 Å². The molecule has 1 aromatic heterocycles. The first-order valence-corrected chi connectivity index (χ1v) is 10.7. The van der Waals surface area contributed by atoms with Gasteiger partial charge in [-0.2, -0.15) is 0 Å². The van der Waals surface area contributed by atoms with Crippen LogP contribution in [0, 0.1) is 6.92 Å². The van der Waals surface area contributed by atoms with Gasteiger partial charge in [0.1, 0.15) is 12.3 Å². The Bertz CT molecular complexity index is 1140. The van der Waals surface area contributed by atoms with Gasteiger partial charge in [0.15, 0.2) is 0 Å². The van der Waals surface area contributed by atoms with E-state index in [0.717, 1.165) is 42.8 Å². The van der Waals surface area contributed by atoms with Gasteiger partial charge < -0.3 is 10.1 Å². The molecule has 1 fully saturated rings. The van der Waals surface area contributed by atoms with Crippen LogP contribution in [0.5, 0.6) is 5.75 Å². The van der Waals surface area contributed by atoms with E-state index in [1.807, 2.05) is 43.3 Å². The number of nitrogens with one attached hydrogen (secondary N) is 1. The number of nitrogens with zero attached hydrogens (tertiary/aromatic N) is 3. The highest BCUT2D eigenvalue weighted by atomic mass is 16.5. The first-order valence-electron chi connectivity index (χ1n) is 10.7. The molecule has 1 aliphatic rings. The van der Waals surface area contributed by atoms with E-state index in [0.29, 0.717) is 17.4 Å². The first kappa shape index (κ1) is 21.1. The van der Waals surface area contributed by atoms with Gasteiger partial charge >= 0.3 is 0 Å². The van der Waals surface area contributed by atoms with Crippen molar-refractivity contribution in [1.82, 2.24) is 19.8 Å². The molecule has 0 radical (unpaired) electrons. The number of carbonyl (C=O) groups is 1. The molecule has 3 aromatic rings. The molecule has 0 aliphatic carbocycles. The topological polar surface area (TPSA) is 76.5 Å². The third-order valence-electron chi connectivity index (χ3n) is 5.94. The molecule has 1 N–H and O–H groups in total. The molecule has 7 heteroatoms. The normalized spacial score (nSPS) is 15.2. The second-order valence-corrected chi connectivity index (χ2v) is 7.95. The SMILES string of the molecule is COc1ccccc1C(CNC(=O)Cn1cnc2c(C)cccc2c1=O)N1CCCC1. The number of aryl methyl sites for hydroxylation is 1. The number of likely N-dealkylation sites (tertiary alicyclic amines) is 1. The van der Waals surface area contributed by atoms with E-state index in [-0.39, 0.29) is 24.1 Å². The maximum Gasteiger partial charge on any atom is 0.261 e. The van der Waals surface area contributed by atoms with Gasteiger partial charge in [0.25, 0.3) is 5.56 Å². The molecule has 1 saturated heterocycles. The molecule has 1 atom stereocenters. The largest absolute Gasteiger partial charge is 0.496 e. The number of fused-ring (bicyclic) bond motifs is 1. The van der Waals surface area contributed by atoms with Crippen molar-refractivity contribution >= 4 is 16.8 Å². The van der Waals surface area contributed by atoms with Crippen LogP contribution in [0.25, 0.3) is 10.9 Å². The Morgan fingerprint density at radius 1 is 1.16 bits per heavy atom. The predicted molar refractivity (Wildman–Crippen MR) is 120 cm³/mol. The molecule has 0 spiro atoms. The van der Waals surface area contributed by atoms with Crippen LogP contribution in [0.3, 0.4) is 0 Å². The zero-order valence-corrected chi connectivity index (χ0v) is 18.0. The summed E-state index contributed by atoms with van der Waals surface area (Å²) in [6.07, 6.45) is 3.75. The zero-order valence-electron chi connectivity index (χ0n) is 18.0. The first-order chi connectivity index (χ1) is 15.1. The Kier molecular flexibility index (Phi) is 6.32. The molecule has 1 amide bonds. The van der Waals surface area contributed by atoms with Gasteiger partial charge in [-0.25, -0.2) is 4.98 Å². The lowest BCUT2D eigenvalue weighted by molar-refractivity contribution is -0.122. The Balaban J connectivity index is 1.50. The minimum Gasteiger partial charge on any atom is -0.496 e. The number of methoxy groups -OCH3 is 1. The van der Waals surface area contributed by atoms with Gasteiger partial charge in [0.05, 0.1) is 30.4 Å². The highest BCUT2D eigenvalue weighted by Gasteiger charge is 2.26. The fourth-order valence-corrected chi connectivity index (χ4v) is 4.30. The Morgan fingerprint density at radius 2 is 1.94 bits per heavy atom. The Labute approximate surface area is 181 Å². The molecule has 0 bridgehead atoms. The number of carbonyl (C=O) groups excluding carboxylic acids is 1. The lowest BCUT2D eigenvalue weighted by atomic mass is 10.0. The Morgan fingerprint density at radius 3 is 2.71 bits per heavy atom. The van der Waals surface area contributed by atoms with E-state index < -0.39 is 0 Å². The third-order valence-corrected chi connectivity index (χ3v) is 5.94. The van der Waals surface area contributed by atoms with Crippen molar-refractivity contribution in [2.75, 3.05) is 26.7 Å². The second kappa shape index (κ2) is 9.31. The summed E-state index contributed by atoms with van der Waals surface area (Å²) in [5.74, 6) is 0.606. The van der Waals surface area contributed by atoms with E-state index in [1.165, 1.54) is 10.9 Å². The van der Waals surface area contributed by atoms with Crippen LogP contribution >= 0.6 is 0 Å². The molecule has 0 saturated carbocycles. The third kappa shape index (κ3) is 4.46. The van der Waals surface area contributed by atoms with Crippen LogP contribution in [-0.4, -0.2) is 47.1 Å². The number of hydrogen-bond acceptors (Lipinski definition) is 5. The number of hydrogen-bond donors (Lipinski definition) is 1. The molecule has 7 nitrogen and oxygen atoms in total. The van der Waals surface area contributed by atoms with Gasteiger partial charge in [-0.05, 0) is 50.6 Å². The van der Waals surface area contributed by atoms with Crippen LogP contribution in [0.4, 0.5) is 0 Å². The van der Waals surface area contributed by atoms with Gasteiger partial charge in [0.2, 0.25) is 5.91 Å². The number of benzene rings is 2. The van der Waals surface area contributed by atoms with E-state index in [2.05, 4.69) is 15.2 Å². The van der Waals surface area contributed by atoms with Gasteiger partial charge in [-0.3, -0.25) is 19.1 Å². The van der Waals surface area contributed by atoms with Gasteiger partial charge in [-0.15, -0.1) is 0 Å². The van der Waals surface area contributed by atoms with Crippen molar-refractivity contribution in [1.29, 1.82) is 0 Å². The maximum absolute atomic E-state index is 12.8. The van der Waals surface area contributed by atoms with E-state index in [1.54, 1.807) is 13.2 Å². The summed E-state index contributed by atoms with van der Waals surface area (Å²) >= 11 is 0. The van der Waals surface area contributed by atoms with Crippen molar-refractivity contribution in [3.63, 3.8) is 0 Å². The monoisotopic (exact) mass is 420 g/mol. The maximum atomic E-state index is 12.8. The van der Waals surface area contributed by atoms with E-state index >= 15 is 0 Å². The van der Waals surface area contributed by atoms with Crippen LogP contribution in [0.2, 0.25) is 0 Å². The summed E-state index contributed by atoms with van der Waals surface area (Å²) in [4.78, 5) is 32.3. The zero-order chi connectivity index (χ0) is 21.8. The van der Waals surface area contributed by atoms with Crippen molar-refractivity contribution < 1.29 is 9.53 Å². The quantitative estimate of drug-likeness (QED) is 0.636. The highest BCUT2D eigenvalue weighted by Crippen LogP contribution is 2.31. The minimum absolute atomic E-state index is 0.0247. The standard InChI is InChI=1S/C24H28N4O3/c1-17-8-7-10-19-23(17)26-16-28(24(19)30)15-22(29)25-14-20(27-12-5-6-13-27)18-9-3-4-11-21(18)31-2/h3-4,7-11,16,20H,5-6,12-15H2,1-2H3,(H,25,29).